The van der Waals surface area contributed by atoms with E-state index in [9.17, 15) is 9.59 Å². The van der Waals surface area contributed by atoms with Gasteiger partial charge >= 0.3 is 0 Å². The highest BCUT2D eigenvalue weighted by molar-refractivity contribution is 5.76. The molecule has 0 amide bonds. The van der Waals surface area contributed by atoms with Crippen LogP contribution in [0.1, 0.15) is 36.8 Å². The van der Waals surface area contributed by atoms with Gasteiger partial charge in [0.25, 0.3) is 5.56 Å². The number of para-hydroxylation sites is 1. The first-order valence-corrected chi connectivity index (χ1v) is 8.02. The van der Waals surface area contributed by atoms with Gasteiger partial charge in [-0.3, -0.25) is 14.2 Å². The minimum atomic E-state index is -0.307. The molecule has 2 aromatic heterocycles. The van der Waals surface area contributed by atoms with Crippen LogP contribution < -0.4 is 11.0 Å². The lowest BCUT2D eigenvalue weighted by Crippen LogP contribution is -2.31. The molecule has 2 heterocycles. The van der Waals surface area contributed by atoms with Gasteiger partial charge in [0, 0.05) is 24.2 Å². The maximum Gasteiger partial charge on any atom is 0.271 e. The number of nitrogens with zero attached hydrogens (tertiary/aromatic N) is 3. The Kier molecular flexibility index (Phi) is 3.87. The van der Waals surface area contributed by atoms with Gasteiger partial charge in [0.1, 0.15) is 11.2 Å². The normalized spacial score (nSPS) is 11.4. The van der Waals surface area contributed by atoms with Crippen molar-refractivity contribution >= 4 is 11.0 Å². The molecule has 0 radical (unpaired) electrons. The van der Waals surface area contributed by atoms with Crippen LogP contribution in [0.5, 0.6) is 0 Å². The number of rotatable bonds is 2. The van der Waals surface area contributed by atoms with Crippen molar-refractivity contribution in [3.63, 3.8) is 0 Å². The van der Waals surface area contributed by atoms with E-state index in [2.05, 4.69) is 0 Å². The molecule has 0 aliphatic carbocycles. The van der Waals surface area contributed by atoms with Crippen LogP contribution in [0.2, 0.25) is 0 Å². The average molecular weight is 323 g/mol. The topological polar surface area (TPSA) is 56.9 Å². The quantitative estimate of drug-likeness (QED) is 0.729. The highest BCUT2D eigenvalue weighted by Crippen LogP contribution is 2.18. The second-order valence-electron chi connectivity index (χ2n) is 6.40. The Morgan fingerprint density at radius 3 is 2.25 bits per heavy atom. The predicted octanol–water partition coefficient (Wildman–Crippen LogP) is 2.82. The molecular formula is C19H21N3O2. The highest BCUT2D eigenvalue weighted by atomic mass is 16.1. The van der Waals surface area contributed by atoms with Gasteiger partial charge in [0.2, 0.25) is 0 Å². The lowest BCUT2D eigenvalue weighted by atomic mass is 10.1. The van der Waals surface area contributed by atoms with Crippen molar-refractivity contribution < 1.29 is 0 Å². The lowest BCUT2D eigenvalue weighted by Gasteiger charge is -2.18. The summed E-state index contributed by atoms with van der Waals surface area (Å²) in [6, 6.07) is 9.34. The number of hydrogen-bond acceptors (Lipinski definition) is 3. The predicted molar refractivity (Wildman–Crippen MR) is 96.1 cm³/mol. The molecule has 0 fully saturated rings. The van der Waals surface area contributed by atoms with E-state index in [4.69, 9.17) is 4.98 Å². The summed E-state index contributed by atoms with van der Waals surface area (Å²) in [6.07, 6.45) is 0. The molecule has 0 aliphatic heterocycles. The summed E-state index contributed by atoms with van der Waals surface area (Å²) >= 11 is 0. The number of fused-ring (bicyclic) bond motifs is 1. The SMILES string of the molecule is Cc1c(C)n(C)c2nc(C(C)C)n(-c3ccccc3)c(=O)c2c1=O. The van der Waals surface area contributed by atoms with E-state index in [1.54, 1.807) is 11.5 Å². The minimum Gasteiger partial charge on any atom is -0.332 e. The van der Waals surface area contributed by atoms with Gasteiger partial charge in [0.15, 0.2) is 11.1 Å². The van der Waals surface area contributed by atoms with E-state index in [-0.39, 0.29) is 22.3 Å². The van der Waals surface area contributed by atoms with Crippen LogP contribution in [-0.2, 0) is 7.05 Å². The summed E-state index contributed by atoms with van der Waals surface area (Å²) in [5, 5.41) is 0.147. The van der Waals surface area contributed by atoms with Crippen LogP contribution in [0.25, 0.3) is 16.7 Å². The first kappa shape index (κ1) is 16.2. The molecule has 0 unspecified atom stereocenters. The summed E-state index contributed by atoms with van der Waals surface area (Å²) < 4.78 is 3.39. The van der Waals surface area contributed by atoms with E-state index < -0.39 is 0 Å². The Labute approximate surface area is 140 Å². The Balaban J connectivity index is 2.59. The van der Waals surface area contributed by atoms with Crippen molar-refractivity contribution in [2.24, 2.45) is 7.05 Å². The van der Waals surface area contributed by atoms with Gasteiger partial charge in [-0.2, -0.15) is 0 Å². The second kappa shape index (κ2) is 5.74. The molecule has 5 heteroatoms. The Hall–Kier alpha value is -2.69. The van der Waals surface area contributed by atoms with Gasteiger partial charge in [-0.15, -0.1) is 0 Å². The van der Waals surface area contributed by atoms with Crippen molar-refractivity contribution in [3.05, 3.63) is 68.0 Å². The van der Waals surface area contributed by atoms with Crippen molar-refractivity contribution in [1.82, 2.24) is 14.1 Å². The van der Waals surface area contributed by atoms with Crippen LogP contribution in [-0.4, -0.2) is 14.1 Å². The molecule has 1 aromatic carbocycles. The molecule has 0 bridgehead atoms. The zero-order valence-corrected chi connectivity index (χ0v) is 14.6. The molecule has 3 rings (SSSR count). The smallest absolute Gasteiger partial charge is 0.271 e. The van der Waals surface area contributed by atoms with Crippen LogP contribution in [0.15, 0.2) is 39.9 Å². The fourth-order valence-corrected chi connectivity index (χ4v) is 2.94. The van der Waals surface area contributed by atoms with Gasteiger partial charge in [0.05, 0.1) is 5.69 Å². The van der Waals surface area contributed by atoms with E-state index in [1.165, 1.54) is 0 Å². The molecular weight excluding hydrogens is 302 g/mol. The zero-order chi connectivity index (χ0) is 17.6. The molecule has 0 N–H and O–H groups in total. The van der Waals surface area contributed by atoms with Crippen molar-refractivity contribution in [2.75, 3.05) is 0 Å². The lowest BCUT2D eigenvalue weighted by molar-refractivity contribution is 0.712. The number of aryl methyl sites for hydroxylation is 1. The van der Waals surface area contributed by atoms with Crippen LogP contribution in [0, 0.1) is 13.8 Å². The van der Waals surface area contributed by atoms with Gasteiger partial charge in [-0.05, 0) is 26.0 Å². The standard InChI is InChI=1S/C19H21N3O2/c1-11(2)17-20-18-15(16(23)12(3)13(4)21(18)5)19(24)22(17)14-9-7-6-8-10-14/h6-11H,1-5H3. The van der Waals surface area contributed by atoms with Crippen LogP contribution in [0.4, 0.5) is 0 Å². The first-order valence-electron chi connectivity index (χ1n) is 8.02. The molecule has 0 saturated heterocycles. The third-order valence-corrected chi connectivity index (χ3v) is 4.55. The van der Waals surface area contributed by atoms with Crippen molar-refractivity contribution in [2.45, 2.75) is 33.6 Å². The van der Waals surface area contributed by atoms with Gasteiger partial charge in [-0.1, -0.05) is 32.0 Å². The fourth-order valence-electron chi connectivity index (χ4n) is 2.94. The summed E-state index contributed by atoms with van der Waals surface area (Å²) in [6.45, 7) is 7.60. The van der Waals surface area contributed by atoms with Crippen LogP contribution >= 0.6 is 0 Å². The van der Waals surface area contributed by atoms with E-state index >= 15 is 0 Å². The molecule has 3 aromatic rings. The second-order valence-corrected chi connectivity index (χ2v) is 6.40. The third-order valence-electron chi connectivity index (χ3n) is 4.55. The third kappa shape index (κ3) is 2.28. The van der Waals surface area contributed by atoms with E-state index in [1.807, 2.05) is 62.7 Å². The Morgan fingerprint density at radius 2 is 1.67 bits per heavy atom. The maximum atomic E-state index is 13.2. The van der Waals surface area contributed by atoms with Gasteiger partial charge in [-0.25, -0.2) is 4.98 Å². The highest BCUT2D eigenvalue weighted by Gasteiger charge is 2.20. The Bertz CT molecular complexity index is 1040. The van der Waals surface area contributed by atoms with E-state index in [0.717, 1.165) is 11.4 Å². The Morgan fingerprint density at radius 1 is 1.04 bits per heavy atom. The van der Waals surface area contributed by atoms with Crippen molar-refractivity contribution in [3.8, 4) is 5.69 Å². The monoisotopic (exact) mass is 323 g/mol. The minimum absolute atomic E-state index is 0.0408. The molecule has 5 nitrogen and oxygen atoms in total. The molecule has 0 spiro atoms. The molecule has 0 saturated carbocycles. The molecule has 0 aliphatic rings. The largest absolute Gasteiger partial charge is 0.332 e. The number of pyridine rings is 1. The summed E-state index contributed by atoms with van der Waals surface area (Å²) in [4.78, 5) is 30.6. The van der Waals surface area contributed by atoms with Crippen LogP contribution in [0.3, 0.4) is 0 Å². The molecule has 24 heavy (non-hydrogen) atoms. The zero-order valence-electron chi connectivity index (χ0n) is 14.6. The first-order chi connectivity index (χ1) is 11.3. The molecule has 124 valence electrons. The average Bonchev–Trinajstić information content (AvgIpc) is 2.57. The summed E-state index contributed by atoms with van der Waals surface area (Å²) in [5.41, 5.74) is 2.04. The van der Waals surface area contributed by atoms with Crippen molar-refractivity contribution in [1.29, 1.82) is 0 Å². The fraction of sp³-hybridized carbons (Fsp3) is 0.316. The summed E-state index contributed by atoms with van der Waals surface area (Å²) in [7, 11) is 1.84. The number of aromatic nitrogens is 3. The summed E-state index contributed by atoms with van der Waals surface area (Å²) in [5.74, 6) is 0.691. The number of benzene rings is 1. The number of hydrogen-bond donors (Lipinski definition) is 0. The molecule has 0 atom stereocenters. The van der Waals surface area contributed by atoms with Gasteiger partial charge < -0.3 is 4.57 Å². The maximum absolute atomic E-state index is 13.2. The van der Waals surface area contributed by atoms with E-state index in [0.29, 0.717) is 17.0 Å².